The molecule has 0 heterocycles. The summed E-state index contributed by atoms with van der Waals surface area (Å²) in [7, 11) is 0. The first-order valence-electron chi connectivity index (χ1n) is 4.54. The molecule has 80 valence electrons. The van der Waals surface area contributed by atoms with Gasteiger partial charge in [-0.05, 0) is 30.5 Å². The highest BCUT2D eigenvalue weighted by molar-refractivity contribution is 6.39. The minimum Gasteiger partial charge on any atom is -0.475 e. The Labute approximate surface area is 86.5 Å². The number of benzene rings is 1. The highest BCUT2D eigenvalue weighted by Crippen LogP contribution is 2.18. The summed E-state index contributed by atoms with van der Waals surface area (Å²) < 4.78 is 13.7. The molecule has 0 aromatic heterocycles. The lowest BCUT2D eigenvalue weighted by atomic mass is 10.00. The van der Waals surface area contributed by atoms with Gasteiger partial charge in [0.1, 0.15) is 5.82 Å². The molecule has 4 heteroatoms. The molecule has 0 fully saturated rings. The van der Waals surface area contributed by atoms with Gasteiger partial charge in [-0.1, -0.05) is 13.0 Å². The van der Waals surface area contributed by atoms with E-state index in [2.05, 4.69) is 0 Å². The predicted octanol–water partition coefficient (Wildman–Crippen LogP) is 1.96. The fourth-order valence-electron chi connectivity index (χ4n) is 1.44. The molecule has 0 atom stereocenters. The van der Waals surface area contributed by atoms with Crippen molar-refractivity contribution < 1.29 is 19.1 Å². The molecule has 0 saturated carbocycles. The van der Waals surface area contributed by atoms with Crippen molar-refractivity contribution in [2.45, 2.75) is 20.3 Å². The number of hydrogen-bond acceptors (Lipinski definition) is 2. The first-order valence-corrected chi connectivity index (χ1v) is 4.54. The van der Waals surface area contributed by atoms with Gasteiger partial charge in [0.15, 0.2) is 0 Å². The molecule has 0 saturated heterocycles. The molecular weight excluding hydrogens is 199 g/mol. The van der Waals surface area contributed by atoms with Crippen LogP contribution in [0.3, 0.4) is 0 Å². The summed E-state index contributed by atoms with van der Waals surface area (Å²) in [6.07, 6.45) is 0.429. The van der Waals surface area contributed by atoms with Crippen molar-refractivity contribution in [2.24, 2.45) is 0 Å². The van der Waals surface area contributed by atoms with Crippen LogP contribution in [0.5, 0.6) is 0 Å². The van der Waals surface area contributed by atoms with Gasteiger partial charge >= 0.3 is 5.97 Å². The van der Waals surface area contributed by atoms with E-state index in [4.69, 9.17) is 5.11 Å². The summed E-state index contributed by atoms with van der Waals surface area (Å²) in [5.41, 5.74) is 0.740. The summed E-state index contributed by atoms with van der Waals surface area (Å²) in [6, 6.07) is 2.76. The number of carbonyl (C=O) groups excluding carboxylic acids is 1. The quantitative estimate of drug-likeness (QED) is 0.613. The molecule has 15 heavy (non-hydrogen) atoms. The van der Waals surface area contributed by atoms with Crippen LogP contribution in [0, 0.1) is 12.7 Å². The van der Waals surface area contributed by atoms with Crippen molar-refractivity contribution in [1.29, 1.82) is 0 Å². The highest BCUT2D eigenvalue weighted by Gasteiger charge is 2.21. The Kier molecular flexibility index (Phi) is 3.19. The van der Waals surface area contributed by atoms with Crippen LogP contribution in [0.4, 0.5) is 4.39 Å². The zero-order chi connectivity index (χ0) is 11.6. The van der Waals surface area contributed by atoms with E-state index in [9.17, 15) is 14.0 Å². The number of Topliss-reactive ketones (excluding diaryl/α,β-unsaturated/α-hetero) is 1. The Balaban J connectivity index is 3.34. The summed E-state index contributed by atoms with van der Waals surface area (Å²) >= 11 is 0. The molecule has 0 bridgehead atoms. The monoisotopic (exact) mass is 210 g/mol. The minimum atomic E-state index is -1.64. The molecule has 1 N–H and O–H groups in total. The van der Waals surface area contributed by atoms with E-state index < -0.39 is 17.6 Å². The van der Waals surface area contributed by atoms with Gasteiger partial charge < -0.3 is 5.11 Å². The molecule has 0 aliphatic carbocycles. The molecule has 0 unspecified atom stereocenters. The fraction of sp³-hybridized carbons (Fsp3) is 0.273. The van der Waals surface area contributed by atoms with E-state index in [0.717, 1.165) is 5.56 Å². The summed E-state index contributed by atoms with van der Waals surface area (Å²) in [5, 5.41) is 8.48. The SMILES string of the molecule is CCc1c(C)ccc(C(=O)C(=O)O)c1F. The lowest BCUT2D eigenvalue weighted by Crippen LogP contribution is -2.15. The van der Waals surface area contributed by atoms with Crippen molar-refractivity contribution >= 4 is 11.8 Å². The zero-order valence-electron chi connectivity index (χ0n) is 8.50. The zero-order valence-corrected chi connectivity index (χ0v) is 8.50. The lowest BCUT2D eigenvalue weighted by molar-refractivity contribution is -0.131. The van der Waals surface area contributed by atoms with Gasteiger partial charge in [0.2, 0.25) is 0 Å². The van der Waals surface area contributed by atoms with Crippen LogP contribution >= 0.6 is 0 Å². The number of carboxylic acids is 1. The number of carboxylic acid groups (broad SMARTS) is 1. The van der Waals surface area contributed by atoms with E-state index in [1.165, 1.54) is 6.07 Å². The summed E-state index contributed by atoms with van der Waals surface area (Å²) in [6.45, 7) is 3.47. The van der Waals surface area contributed by atoms with Crippen LogP contribution in [-0.2, 0) is 11.2 Å². The average molecular weight is 210 g/mol. The molecule has 0 aliphatic heterocycles. The Morgan fingerprint density at radius 2 is 2.00 bits per heavy atom. The van der Waals surface area contributed by atoms with E-state index >= 15 is 0 Å². The van der Waals surface area contributed by atoms with E-state index in [1.807, 2.05) is 0 Å². The summed E-state index contributed by atoms with van der Waals surface area (Å²) in [5.74, 6) is -3.56. The maximum absolute atomic E-state index is 13.7. The third-order valence-electron chi connectivity index (χ3n) is 2.27. The van der Waals surface area contributed by atoms with E-state index in [0.29, 0.717) is 12.0 Å². The minimum absolute atomic E-state index is 0.370. The van der Waals surface area contributed by atoms with Crippen molar-refractivity contribution in [1.82, 2.24) is 0 Å². The van der Waals surface area contributed by atoms with Crippen LogP contribution in [0.1, 0.15) is 28.4 Å². The number of ketones is 1. The van der Waals surface area contributed by atoms with Crippen molar-refractivity contribution in [3.8, 4) is 0 Å². The van der Waals surface area contributed by atoms with Crippen LogP contribution in [0.15, 0.2) is 12.1 Å². The van der Waals surface area contributed by atoms with Gasteiger partial charge in [-0.15, -0.1) is 0 Å². The standard InChI is InChI=1S/C11H11FO3/c1-3-7-6(2)4-5-8(9(7)12)10(13)11(14)15/h4-5H,3H2,1-2H3,(H,14,15). The molecule has 3 nitrogen and oxygen atoms in total. The summed E-state index contributed by atoms with van der Waals surface area (Å²) in [4.78, 5) is 21.5. The van der Waals surface area contributed by atoms with Crippen molar-refractivity contribution in [3.63, 3.8) is 0 Å². The van der Waals surface area contributed by atoms with Crippen LogP contribution in [0.25, 0.3) is 0 Å². The third-order valence-corrected chi connectivity index (χ3v) is 2.27. The number of aliphatic carboxylic acids is 1. The molecule has 0 amide bonds. The van der Waals surface area contributed by atoms with Crippen molar-refractivity contribution in [3.05, 3.63) is 34.6 Å². The Morgan fingerprint density at radius 1 is 1.40 bits per heavy atom. The second-order valence-corrected chi connectivity index (χ2v) is 3.21. The highest BCUT2D eigenvalue weighted by atomic mass is 19.1. The van der Waals surface area contributed by atoms with Gasteiger partial charge in [-0.25, -0.2) is 9.18 Å². The maximum atomic E-state index is 13.7. The van der Waals surface area contributed by atoms with E-state index in [-0.39, 0.29) is 5.56 Å². The van der Waals surface area contributed by atoms with Crippen LogP contribution < -0.4 is 0 Å². The van der Waals surface area contributed by atoms with Gasteiger partial charge in [-0.2, -0.15) is 0 Å². The van der Waals surface area contributed by atoms with Crippen LogP contribution in [0.2, 0.25) is 0 Å². The normalized spacial score (nSPS) is 10.1. The number of hydrogen-bond donors (Lipinski definition) is 1. The number of halogens is 1. The van der Waals surface area contributed by atoms with Gasteiger partial charge in [0.25, 0.3) is 5.78 Å². The molecular formula is C11H11FO3. The number of aryl methyl sites for hydroxylation is 1. The largest absolute Gasteiger partial charge is 0.475 e. The predicted molar refractivity (Wildman–Crippen MR) is 52.5 cm³/mol. The number of carbonyl (C=O) groups is 2. The smallest absolute Gasteiger partial charge is 0.377 e. The second-order valence-electron chi connectivity index (χ2n) is 3.21. The van der Waals surface area contributed by atoms with Gasteiger partial charge in [0.05, 0.1) is 5.56 Å². The first-order chi connectivity index (χ1) is 6.99. The fourth-order valence-corrected chi connectivity index (χ4v) is 1.44. The van der Waals surface area contributed by atoms with Crippen LogP contribution in [-0.4, -0.2) is 16.9 Å². The molecule has 0 spiro atoms. The average Bonchev–Trinajstić information content (AvgIpc) is 2.17. The third kappa shape index (κ3) is 2.03. The van der Waals surface area contributed by atoms with E-state index in [1.54, 1.807) is 19.9 Å². The van der Waals surface area contributed by atoms with Gasteiger partial charge in [0, 0.05) is 0 Å². The molecule has 1 rings (SSSR count). The van der Waals surface area contributed by atoms with Gasteiger partial charge in [-0.3, -0.25) is 4.79 Å². The molecule has 1 aromatic carbocycles. The first kappa shape index (κ1) is 11.4. The topological polar surface area (TPSA) is 54.4 Å². The number of rotatable bonds is 3. The molecule has 1 aromatic rings. The van der Waals surface area contributed by atoms with Crippen molar-refractivity contribution in [2.75, 3.05) is 0 Å². The molecule has 0 radical (unpaired) electrons. The lowest BCUT2D eigenvalue weighted by Gasteiger charge is -2.07. The maximum Gasteiger partial charge on any atom is 0.377 e. The Morgan fingerprint density at radius 3 is 2.47 bits per heavy atom. The Hall–Kier alpha value is -1.71. The second kappa shape index (κ2) is 4.21. The molecule has 0 aliphatic rings. The Bertz CT molecular complexity index is 424.